The van der Waals surface area contributed by atoms with E-state index in [-0.39, 0.29) is 11.5 Å². The van der Waals surface area contributed by atoms with Gasteiger partial charge in [-0.3, -0.25) is 0 Å². The largest absolute Gasteiger partial charge is 0.491 e. The van der Waals surface area contributed by atoms with Crippen molar-refractivity contribution in [2.45, 2.75) is 60.2 Å². The van der Waals surface area contributed by atoms with Crippen LogP contribution in [0.1, 0.15) is 59.6 Å². The summed E-state index contributed by atoms with van der Waals surface area (Å²) in [6, 6.07) is 7.77. The van der Waals surface area contributed by atoms with E-state index in [0.717, 1.165) is 17.7 Å². The molecule has 2 nitrogen and oxygen atoms in total. The van der Waals surface area contributed by atoms with E-state index in [4.69, 9.17) is 4.74 Å². The molecule has 2 heteroatoms. The molecule has 0 spiro atoms. The van der Waals surface area contributed by atoms with Crippen molar-refractivity contribution in [1.82, 2.24) is 0 Å². The third kappa shape index (κ3) is 5.23. The third-order valence-corrected chi connectivity index (χ3v) is 3.69. The summed E-state index contributed by atoms with van der Waals surface area (Å²) >= 11 is 0. The van der Waals surface area contributed by atoms with Crippen molar-refractivity contribution in [3.05, 3.63) is 29.8 Å². The lowest BCUT2D eigenvalue weighted by molar-refractivity contribution is 0.110. The molecule has 108 valence electrons. The SMILES string of the molecule is CC(C)Oc1ccc(C(O)CC(C)C(C)(C)C)cc1. The van der Waals surface area contributed by atoms with Gasteiger partial charge in [-0.1, -0.05) is 39.8 Å². The molecule has 2 atom stereocenters. The fourth-order valence-electron chi connectivity index (χ4n) is 1.87. The quantitative estimate of drug-likeness (QED) is 0.843. The van der Waals surface area contributed by atoms with Crippen molar-refractivity contribution in [2.24, 2.45) is 11.3 Å². The molecule has 0 aliphatic carbocycles. The van der Waals surface area contributed by atoms with E-state index in [9.17, 15) is 5.11 Å². The summed E-state index contributed by atoms with van der Waals surface area (Å²) in [5, 5.41) is 10.3. The second-order valence-electron chi connectivity index (χ2n) is 6.75. The lowest BCUT2D eigenvalue weighted by atomic mass is 9.78. The van der Waals surface area contributed by atoms with Crippen LogP contribution in [0.25, 0.3) is 0 Å². The average molecular weight is 264 g/mol. The molecule has 19 heavy (non-hydrogen) atoms. The number of hydrogen-bond acceptors (Lipinski definition) is 2. The Morgan fingerprint density at radius 3 is 2.00 bits per heavy atom. The van der Waals surface area contributed by atoms with Gasteiger partial charge in [0.25, 0.3) is 0 Å². The van der Waals surface area contributed by atoms with Crippen LogP contribution in [0.15, 0.2) is 24.3 Å². The van der Waals surface area contributed by atoms with Gasteiger partial charge in [0.2, 0.25) is 0 Å². The standard InChI is InChI=1S/C17H28O2/c1-12(2)19-15-9-7-14(8-10-15)16(18)11-13(3)17(4,5)6/h7-10,12-13,16,18H,11H2,1-6H3. The van der Waals surface area contributed by atoms with Crippen LogP contribution in [-0.4, -0.2) is 11.2 Å². The topological polar surface area (TPSA) is 29.5 Å². The van der Waals surface area contributed by atoms with E-state index < -0.39 is 6.10 Å². The van der Waals surface area contributed by atoms with Crippen LogP contribution in [-0.2, 0) is 0 Å². The Morgan fingerprint density at radius 2 is 1.58 bits per heavy atom. The first-order valence-corrected chi connectivity index (χ1v) is 7.15. The number of aliphatic hydroxyl groups is 1. The average Bonchev–Trinajstić information content (AvgIpc) is 2.27. The van der Waals surface area contributed by atoms with E-state index >= 15 is 0 Å². The lowest BCUT2D eigenvalue weighted by Crippen LogP contribution is -2.19. The maximum Gasteiger partial charge on any atom is 0.119 e. The summed E-state index contributed by atoms with van der Waals surface area (Å²) < 4.78 is 5.60. The predicted molar refractivity (Wildman–Crippen MR) is 80.4 cm³/mol. The van der Waals surface area contributed by atoms with Gasteiger partial charge < -0.3 is 9.84 Å². The number of rotatable bonds is 5. The van der Waals surface area contributed by atoms with Crippen LogP contribution >= 0.6 is 0 Å². The van der Waals surface area contributed by atoms with Gasteiger partial charge in [-0.05, 0) is 49.3 Å². The maximum absolute atomic E-state index is 10.3. The van der Waals surface area contributed by atoms with E-state index in [1.165, 1.54) is 0 Å². The molecular formula is C17H28O2. The zero-order valence-corrected chi connectivity index (χ0v) is 13.1. The first-order valence-electron chi connectivity index (χ1n) is 7.15. The highest BCUT2D eigenvalue weighted by Crippen LogP contribution is 2.33. The van der Waals surface area contributed by atoms with Gasteiger partial charge in [0.05, 0.1) is 12.2 Å². The molecule has 0 aliphatic heterocycles. The molecule has 0 aliphatic rings. The van der Waals surface area contributed by atoms with Crippen LogP contribution in [0.3, 0.4) is 0 Å². The number of ether oxygens (including phenoxy) is 1. The van der Waals surface area contributed by atoms with Gasteiger partial charge in [0, 0.05) is 0 Å². The predicted octanol–water partition coefficient (Wildman–Crippen LogP) is 4.58. The minimum Gasteiger partial charge on any atom is -0.491 e. The van der Waals surface area contributed by atoms with Crippen molar-refractivity contribution >= 4 is 0 Å². The Hall–Kier alpha value is -1.02. The van der Waals surface area contributed by atoms with Crippen molar-refractivity contribution in [1.29, 1.82) is 0 Å². The minimum absolute atomic E-state index is 0.177. The summed E-state index contributed by atoms with van der Waals surface area (Å²) in [6.07, 6.45) is 0.562. The molecule has 0 heterocycles. The normalized spacial score (nSPS) is 15.4. The number of hydrogen-bond donors (Lipinski definition) is 1. The molecule has 1 aromatic rings. The molecular weight excluding hydrogens is 236 g/mol. The molecule has 1 rings (SSSR count). The molecule has 0 fully saturated rings. The van der Waals surface area contributed by atoms with Gasteiger partial charge in [-0.2, -0.15) is 0 Å². The minimum atomic E-state index is -0.401. The van der Waals surface area contributed by atoms with E-state index in [1.807, 2.05) is 38.1 Å². The van der Waals surface area contributed by atoms with Crippen LogP contribution in [0.2, 0.25) is 0 Å². The van der Waals surface area contributed by atoms with Gasteiger partial charge in [-0.15, -0.1) is 0 Å². The highest BCUT2D eigenvalue weighted by Gasteiger charge is 2.23. The molecule has 2 unspecified atom stereocenters. The van der Waals surface area contributed by atoms with Crippen LogP contribution < -0.4 is 4.74 Å². The van der Waals surface area contributed by atoms with Crippen molar-refractivity contribution in [3.63, 3.8) is 0 Å². The molecule has 0 aromatic heterocycles. The molecule has 0 amide bonds. The van der Waals surface area contributed by atoms with Crippen molar-refractivity contribution in [2.75, 3.05) is 0 Å². The molecule has 0 saturated carbocycles. The summed E-state index contributed by atoms with van der Waals surface area (Å²) in [5.74, 6) is 1.32. The van der Waals surface area contributed by atoms with Gasteiger partial charge >= 0.3 is 0 Å². The number of benzene rings is 1. The van der Waals surface area contributed by atoms with Gasteiger partial charge in [0.1, 0.15) is 5.75 Å². The first-order chi connectivity index (χ1) is 8.70. The molecule has 0 saturated heterocycles. The Bertz CT molecular complexity index is 373. The van der Waals surface area contributed by atoms with E-state index in [2.05, 4.69) is 27.7 Å². The first kappa shape index (κ1) is 16.0. The van der Waals surface area contributed by atoms with Crippen molar-refractivity contribution in [3.8, 4) is 5.75 Å². The molecule has 1 N–H and O–H groups in total. The van der Waals surface area contributed by atoms with Gasteiger partial charge in [-0.25, -0.2) is 0 Å². The van der Waals surface area contributed by atoms with E-state index in [0.29, 0.717) is 5.92 Å². The Balaban J connectivity index is 2.65. The summed E-state index contributed by atoms with van der Waals surface area (Å²) in [4.78, 5) is 0. The summed E-state index contributed by atoms with van der Waals surface area (Å²) in [7, 11) is 0. The second-order valence-corrected chi connectivity index (χ2v) is 6.75. The lowest BCUT2D eigenvalue weighted by Gasteiger charge is -2.29. The summed E-state index contributed by atoms with van der Waals surface area (Å²) in [5.41, 5.74) is 1.19. The second kappa shape index (κ2) is 6.42. The smallest absolute Gasteiger partial charge is 0.119 e. The number of aliphatic hydroxyl groups excluding tert-OH is 1. The fourth-order valence-corrected chi connectivity index (χ4v) is 1.87. The maximum atomic E-state index is 10.3. The Morgan fingerprint density at radius 1 is 1.05 bits per heavy atom. The highest BCUT2D eigenvalue weighted by atomic mass is 16.5. The monoisotopic (exact) mass is 264 g/mol. The summed E-state index contributed by atoms with van der Waals surface area (Å²) in [6.45, 7) is 12.8. The fraction of sp³-hybridized carbons (Fsp3) is 0.647. The molecule has 0 radical (unpaired) electrons. The van der Waals surface area contributed by atoms with Crippen molar-refractivity contribution < 1.29 is 9.84 Å². The molecule has 0 bridgehead atoms. The molecule has 1 aromatic carbocycles. The van der Waals surface area contributed by atoms with Gasteiger partial charge in [0.15, 0.2) is 0 Å². The Labute approximate surface area is 117 Å². The third-order valence-electron chi connectivity index (χ3n) is 3.69. The Kier molecular flexibility index (Phi) is 5.42. The van der Waals surface area contributed by atoms with Crippen LogP contribution in [0.4, 0.5) is 0 Å². The van der Waals surface area contributed by atoms with E-state index in [1.54, 1.807) is 0 Å². The van der Waals surface area contributed by atoms with Crippen LogP contribution in [0.5, 0.6) is 5.75 Å². The zero-order valence-electron chi connectivity index (χ0n) is 13.1. The zero-order chi connectivity index (χ0) is 14.6. The van der Waals surface area contributed by atoms with Crippen LogP contribution in [0, 0.1) is 11.3 Å². The highest BCUT2D eigenvalue weighted by molar-refractivity contribution is 5.28.